The number of methoxy groups -OCH3 is 1. The molecule has 1 aliphatic rings. The van der Waals surface area contributed by atoms with Gasteiger partial charge in [-0.2, -0.15) is 0 Å². The van der Waals surface area contributed by atoms with Crippen LogP contribution >= 0.6 is 0 Å². The summed E-state index contributed by atoms with van der Waals surface area (Å²) in [5.41, 5.74) is 0.596. The molecule has 0 saturated carbocycles. The Morgan fingerprint density at radius 1 is 1.38 bits per heavy atom. The van der Waals surface area contributed by atoms with E-state index in [1.807, 2.05) is 6.92 Å². The predicted molar refractivity (Wildman–Crippen MR) is 91.5 cm³/mol. The summed E-state index contributed by atoms with van der Waals surface area (Å²) >= 11 is 0. The van der Waals surface area contributed by atoms with Crippen LogP contribution in [0.4, 0.5) is 11.4 Å². The fourth-order valence-corrected chi connectivity index (χ4v) is 2.78. The normalized spacial score (nSPS) is 17.3. The van der Waals surface area contributed by atoms with Crippen LogP contribution in [-0.2, 0) is 4.74 Å². The first kappa shape index (κ1) is 18.2. The Balaban J connectivity index is 2.07. The Hall–Kier alpha value is -2.19. The molecule has 1 N–H and O–H groups in total. The zero-order valence-electron chi connectivity index (χ0n) is 14.3. The number of likely N-dealkylation sites (N-methyl/N-ethyl adjacent to an activating group) is 1. The van der Waals surface area contributed by atoms with E-state index >= 15 is 0 Å². The van der Waals surface area contributed by atoms with Crippen molar-refractivity contribution in [3.05, 3.63) is 33.9 Å². The van der Waals surface area contributed by atoms with Crippen molar-refractivity contribution in [1.82, 2.24) is 9.80 Å². The third-order valence-corrected chi connectivity index (χ3v) is 4.15. The van der Waals surface area contributed by atoms with Crippen LogP contribution in [0.3, 0.4) is 0 Å². The number of piperazine rings is 1. The fourth-order valence-electron chi connectivity index (χ4n) is 2.78. The Bertz CT molecular complexity index is 600. The maximum absolute atomic E-state index is 11.9. The molecule has 0 bridgehead atoms. The molecule has 0 radical (unpaired) electrons. The number of rotatable bonds is 6. The van der Waals surface area contributed by atoms with E-state index in [2.05, 4.69) is 22.2 Å². The zero-order chi connectivity index (χ0) is 17.7. The van der Waals surface area contributed by atoms with Crippen LogP contribution in [0.1, 0.15) is 17.3 Å². The SMILES string of the molecule is COC(=O)c1cc([N+](=O)[O-])ccc1NC(C)CN1CCN(C)CC1. The second kappa shape index (κ2) is 8.07. The Morgan fingerprint density at radius 3 is 2.62 bits per heavy atom. The Labute approximate surface area is 141 Å². The number of nitro benzene ring substituents is 1. The maximum Gasteiger partial charge on any atom is 0.340 e. The molecule has 1 unspecified atom stereocenters. The minimum absolute atomic E-state index is 0.0956. The van der Waals surface area contributed by atoms with Gasteiger partial charge >= 0.3 is 5.97 Å². The number of nitrogens with one attached hydrogen (secondary N) is 1. The molecule has 0 amide bonds. The second-order valence-electron chi connectivity index (χ2n) is 6.13. The molecule has 132 valence electrons. The molecule has 1 saturated heterocycles. The van der Waals surface area contributed by atoms with E-state index in [0.717, 1.165) is 32.7 Å². The lowest BCUT2D eigenvalue weighted by atomic mass is 10.1. The number of non-ortho nitro benzene ring substituents is 1. The van der Waals surface area contributed by atoms with Gasteiger partial charge in [-0.05, 0) is 20.0 Å². The van der Waals surface area contributed by atoms with Gasteiger partial charge in [0, 0.05) is 56.6 Å². The van der Waals surface area contributed by atoms with E-state index in [1.54, 1.807) is 6.07 Å². The second-order valence-corrected chi connectivity index (χ2v) is 6.13. The van der Waals surface area contributed by atoms with Gasteiger partial charge in [-0.3, -0.25) is 15.0 Å². The number of nitro groups is 1. The fraction of sp³-hybridized carbons (Fsp3) is 0.562. The van der Waals surface area contributed by atoms with Gasteiger partial charge in [-0.1, -0.05) is 0 Å². The van der Waals surface area contributed by atoms with Crippen LogP contribution in [0.25, 0.3) is 0 Å². The molecule has 1 aromatic rings. The molecular formula is C16H24N4O4. The molecule has 1 aliphatic heterocycles. The highest BCUT2D eigenvalue weighted by atomic mass is 16.6. The van der Waals surface area contributed by atoms with Crippen molar-refractivity contribution in [2.24, 2.45) is 0 Å². The lowest BCUT2D eigenvalue weighted by Gasteiger charge is -2.34. The number of hydrogen-bond acceptors (Lipinski definition) is 7. The third-order valence-electron chi connectivity index (χ3n) is 4.15. The summed E-state index contributed by atoms with van der Waals surface area (Å²) in [4.78, 5) is 27.0. The van der Waals surface area contributed by atoms with Crippen molar-refractivity contribution in [2.45, 2.75) is 13.0 Å². The van der Waals surface area contributed by atoms with Gasteiger partial charge in [-0.25, -0.2) is 4.79 Å². The average Bonchev–Trinajstić information content (AvgIpc) is 2.56. The standard InChI is InChI=1S/C16H24N4O4/c1-12(11-19-8-6-18(2)7-9-19)17-15-5-4-13(20(22)23)10-14(15)16(21)24-3/h4-5,10,12,17H,6-9,11H2,1-3H3. The first-order valence-corrected chi connectivity index (χ1v) is 7.95. The maximum atomic E-state index is 11.9. The lowest BCUT2D eigenvalue weighted by Crippen LogP contribution is -2.47. The number of carbonyl (C=O) groups is 1. The summed E-state index contributed by atoms with van der Waals surface area (Å²) in [5, 5.41) is 14.2. The Morgan fingerprint density at radius 2 is 2.04 bits per heavy atom. The highest BCUT2D eigenvalue weighted by molar-refractivity contribution is 5.96. The molecule has 24 heavy (non-hydrogen) atoms. The summed E-state index contributed by atoms with van der Waals surface area (Å²) in [7, 11) is 3.37. The van der Waals surface area contributed by atoms with Crippen molar-refractivity contribution < 1.29 is 14.5 Å². The molecular weight excluding hydrogens is 312 g/mol. The highest BCUT2D eigenvalue weighted by Gasteiger charge is 2.20. The third kappa shape index (κ3) is 4.65. The number of benzene rings is 1. The van der Waals surface area contributed by atoms with Gasteiger partial charge in [0.05, 0.1) is 17.6 Å². The van der Waals surface area contributed by atoms with E-state index < -0.39 is 10.9 Å². The van der Waals surface area contributed by atoms with Crippen molar-refractivity contribution in [2.75, 3.05) is 52.2 Å². The molecule has 8 heteroatoms. The number of ether oxygens (including phenoxy) is 1. The molecule has 1 heterocycles. The van der Waals surface area contributed by atoms with Gasteiger partial charge < -0.3 is 15.0 Å². The first-order chi connectivity index (χ1) is 11.4. The summed E-state index contributed by atoms with van der Waals surface area (Å²) in [6, 6.07) is 4.29. The van der Waals surface area contributed by atoms with Crippen molar-refractivity contribution in [3.63, 3.8) is 0 Å². The number of esters is 1. The van der Waals surface area contributed by atoms with Gasteiger partial charge in [0.15, 0.2) is 0 Å². The van der Waals surface area contributed by atoms with Crippen LogP contribution in [-0.4, -0.2) is 73.6 Å². The van der Waals surface area contributed by atoms with Crippen molar-refractivity contribution in [1.29, 1.82) is 0 Å². The van der Waals surface area contributed by atoms with E-state index in [0.29, 0.717) is 5.69 Å². The summed E-state index contributed by atoms with van der Waals surface area (Å²) in [5.74, 6) is -0.590. The summed E-state index contributed by atoms with van der Waals surface area (Å²) in [6.07, 6.45) is 0. The largest absolute Gasteiger partial charge is 0.465 e. The predicted octanol–water partition coefficient (Wildman–Crippen LogP) is 1.43. The van der Waals surface area contributed by atoms with E-state index in [4.69, 9.17) is 4.74 Å². The molecule has 0 spiro atoms. The summed E-state index contributed by atoms with van der Waals surface area (Å²) in [6.45, 7) is 6.96. The first-order valence-electron chi connectivity index (χ1n) is 7.95. The highest BCUT2D eigenvalue weighted by Crippen LogP contribution is 2.23. The van der Waals surface area contributed by atoms with Gasteiger partial charge in [0.25, 0.3) is 5.69 Å². The molecule has 2 rings (SSSR count). The van der Waals surface area contributed by atoms with Crippen molar-refractivity contribution in [3.8, 4) is 0 Å². The zero-order valence-corrected chi connectivity index (χ0v) is 14.3. The molecule has 1 aromatic carbocycles. The minimum Gasteiger partial charge on any atom is -0.465 e. The minimum atomic E-state index is -0.590. The monoisotopic (exact) mass is 336 g/mol. The van der Waals surface area contributed by atoms with Crippen LogP contribution in [0, 0.1) is 10.1 Å². The van der Waals surface area contributed by atoms with E-state index in [1.165, 1.54) is 19.2 Å². The molecule has 0 aliphatic carbocycles. The Kier molecular flexibility index (Phi) is 6.10. The molecule has 1 fully saturated rings. The lowest BCUT2D eigenvalue weighted by molar-refractivity contribution is -0.384. The van der Waals surface area contributed by atoms with Gasteiger partial charge in [0.1, 0.15) is 0 Å². The number of anilines is 1. The van der Waals surface area contributed by atoms with Gasteiger partial charge in [0.2, 0.25) is 0 Å². The van der Waals surface area contributed by atoms with Crippen LogP contribution in [0.5, 0.6) is 0 Å². The molecule has 0 aromatic heterocycles. The number of carbonyl (C=O) groups excluding carboxylic acids is 1. The van der Waals surface area contributed by atoms with Crippen molar-refractivity contribution >= 4 is 17.3 Å². The topological polar surface area (TPSA) is 87.9 Å². The number of nitrogens with zero attached hydrogens (tertiary/aromatic N) is 3. The van der Waals surface area contributed by atoms with Gasteiger partial charge in [-0.15, -0.1) is 0 Å². The molecule has 8 nitrogen and oxygen atoms in total. The van der Waals surface area contributed by atoms with E-state index in [9.17, 15) is 14.9 Å². The van der Waals surface area contributed by atoms with E-state index in [-0.39, 0.29) is 17.3 Å². The summed E-state index contributed by atoms with van der Waals surface area (Å²) < 4.78 is 4.74. The van der Waals surface area contributed by atoms with Crippen LogP contribution < -0.4 is 5.32 Å². The van der Waals surface area contributed by atoms with Crippen LogP contribution in [0.2, 0.25) is 0 Å². The quantitative estimate of drug-likeness (QED) is 0.477. The van der Waals surface area contributed by atoms with Crippen LogP contribution in [0.15, 0.2) is 18.2 Å². The smallest absolute Gasteiger partial charge is 0.340 e. The average molecular weight is 336 g/mol. The number of hydrogen-bond donors (Lipinski definition) is 1. The molecule has 1 atom stereocenters.